The van der Waals surface area contributed by atoms with Crippen molar-refractivity contribution in [3.8, 4) is 69.0 Å². The quantitative estimate of drug-likeness (QED) is 0.132. The Morgan fingerprint density at radius 2 is 1.19 bits per heavy atom. The predicted molar refractivity (Wildman–Crippen MR) is 165 cm³/mol. The highest BCUT2D eigenvalue weighted by atomic mass is 32.2. The number of aliphatic hydroxyl groups excluding tert-OH is 3. The van der Waals surface area contributed by atoms with Gasteiger partial charge in [0.15, 0.2) is 52.1 Å². The van der Waals surface area contributed by atoms with Gasteiger partial charge in [0.25, 0.3) is 0 Å². The third kappa shape index (κ3) is 4.19. The van der Waals surface area contributed by atoms with Gasteiger partial charge in [0.05, 0.1) is 39.3 Å². The van der Waals surface area contributed by atoms with Crippen molar-refractivity contribution < 1.29 is 75.5 Å². The van der Waals surface area contributed by atoms with E-state index in [4.69, 9.17) is 14.2 Å². The van der Waals surface area contributed by atoms with Gasteiger partial charge in [0.1, 0.15) is 34.5 Å². The second kappa shape index (κ2) is 10.4. The van der Waals surface area contributed by atoms with E-state index in [0.29, 0.717) is 0 Å². The molecule has 0 amide bonds. The molecule has 3 aliphatic rings. The zero-order valence-electron chi connectivity index (χ0n) is 24.0. The highest BCUT2D eigenvalue weighted by molar-refractivity contribution is 8.08. The molecule has 7 rings (SSSR count). The first-order valence-electron chi connectivity index (χ1n) is 13.9. The molecular weight excluding hydrogens is 656 g/mol. The fourth-order valence-corrected chi connectivity index (χ4v) is 6.81. The molecule has 4 aromatic rings. The largest absolute Gasteiger partial charge is 0.508 e. The lowest BCUT2D eigenvalue weighted by Gasteiger charge is -2.44. The Bertz CT molecular complexity index is 2090. The number of benzene rings is 4. The molecule has 48 heavy (non-hydrogen) atoms. The van der Waals surface area contributed by atoms with E-state index in [-0.39, 0.29) is 67.9 Å². The Balaban J connectivity index is 1.55. The topological polar surface area (TPSA) is 270 Å². The monoisotopic (exact) mass is 680 g/mol. The average Bonchev–Trinajstić information content (AvgIpc) is 3.01. The van der Waals surface area contributed by atoms with Gasteiger partial charge in [-0.15, -0.1) is 11.8 Å². The summed E-state index contributed by atoms with van der Waals surface area (Å²) >= 11 is 0.898. The van der Waals surface area contributed by atoms with Crippen LogP contribution >= 0.6 is 11.8 Å². The maximum absolute atomic E-state index is 12.0. The number of hydrogen-bond acceptors (Lipinski definition) is 16. The van der Waals surface area contributed by atoms with Crippen LogP contribution in [0.25, 0.3) is 10.5 Å². The summed E-state index contributed by atoms with van der Waals surface area (Å²) in [6, 6.07) is 6.96. The van der Waals surface area contributed by atoms with Crippen LogP contribution in [0.4, 0.5) is 0 Å². The Morgan fingerprint density at radius 1 is 0.625 bits per heavy atom. The van der Waals surface area contributed by atoms with E-state index in [1.807, 2.05) is 0 Å². The number of hydrogen-bond donors (Lipinski definition) is 12. The van der Waals surface area contributed by atoms with Crippen LogP contribution in [0.5, 0.6) is 69.0 Å². The summed E-state index contributed by atoms with van der Waals surface area (Å²) in [7, 11) is 0. The fraction of sp³-hybridized carbons (Fsp3) is 0.125. The number of thioether (sulfide) groups is 1. The fourth-order valence-electron chi connectivity index (χ4n) is 5.91. The Kier molecular flexibility index (Phi) is 6.64. The summed E-state index contributed by atoms with van der Waals surface area (Å²) in [6.45, 7) is -0.360. The predicted octanol–water partition coefficient (Wildman–Crippen LogP) is 4.08. The zero-order valence-corrected chi connectivity index (χ0v) is 24.8. The number of aliphatic hydroxyl groups is 3. The van der Waals surface area contributed by atoms with Gasteiger partial charge in [-0.1, -0.05) is 0 Å². The maximum atomic E-state index is 12.0. The van der Waals surface area contributed by atoms with Crippen molar-refractivity contribution in [2.75, 3.05) is 12.4 Å². The van der Waals surface area contributed by atoms with Gasteiger partial charge in [-0.2, -0.15) is 0 Å². The lowest BCUT2D eigenvalue weighted by atomic mass is 9.83. The van der Waals surface area contributed by atoms with Gasteiger partial charge in [0.2, 0.25) is 0 Å². The van der Waals surface area contributed by atoms with Crippen molar-refractivity contribution in [3.05, 3.63) is 81.8 Å². The third-order valence-corrected chi connectivity index (χ3v) is 9.06. The normalized spacial score (nSPS) is 19.1. The minimum atomic E-state index is -2.48. The standard InChI is InChI=1S/C32H24O15S/c33-1-2-48-30-22-14(36)9-20-23(29(22)45-28(27(30)43)10-3-15(37)25(41)16(38)4-10)24-21-13(35)7-12(34)8-19(21)46-32(47-20,31(24)44)11-5-17(39)26(42)18(40)6-11/h3-9,28,33-44H,1-2H2/t28-,32+/m1/s1. The van der Waals surface area contributed by atoms with Crippen LogP contribution in [0.3, 0.4) is 0 Å². The average molecular weight is 681 g/mol. The summed E-state index contributed by atoms with van der Waals surface area (Å²) in [5, 5.41) is 127. The second-order valence-electron chi connectivity index (χ2n) is 10.9. The first-order valence-corrected chi connectivity index (χ1v) is 14.9. The minimum absolute atomic E-state index is 0.00624. The molecule has 2 atom stereocenters. The Hall–Kier alpha value is -6.13. The molecule has 248 valence electrons. The number of fused-ring (bicyclic) bond motifs is 7. The maximum Gasteiger partial charge on any atom is 0.339 e. The van der Waals surface area contributed by atoms with Crippen LogP contribution < -0.4 is 14.2 Å². The van der Waals surface area contributed by atoms with Crippen molar-refractivity contribution in [1.82, 2.24) is 0 Å². The molecule has 0 spiro atoms. The van der Waals surface area contributed by atoms with Gasteiger partial charge >= 0.3 is 5.79 Å². The SMILES string of the molecule is OCCSC1=C(O)[C@@H](c2cc(O)c(O)c(O)c2)Oc2c1c(O)cc1c2C2=C(O)[C@@](c3cc(O)c(O)c(O)c3)(Oc3cc(O)cc(O)c32)O1. The highest BCUT2D eigenvalue weighted by Gasteiger charge is 2.55. The van der Waals surface area contributed by atoms with E-state index >= 15 is 0 Å². The van der Waals surface area contributed by atoms with E-state index in [0.717, 1.165) is 54.2 Å². The van der Waals surface area contributed by atoms with E-state index < -0.39 is 75.2 Å². The molecule has 15 nitrogen and oxygen atoms in total. The van der Waals surface area contributed by atoms with Gasteiger partial charge in [0, 0.05) is 29.5 Å². The second-order valence-corrected chi connectivity index (χ2v) is 12.0. The summed E-state index contributed by atoms with van der Waals surface area (Å²) in [5.41, 5.74) is -1.09. The van der Waals surface area contributed by atoms with Crippen LogP contribution in [-0.2, 0) is 5.79 Å². The van der Waals surface area contributed by atoms with Gasteiger partial charge < -0.3 is 75.5 Å². The summed E-state index contributed by atoms with van der Waals surface area (Å²) in [5.74, 6) is -11.1. The van der Waals surface area contributed by atoms with Crippen LogP contribution in [0.2, 0.25) is 0 Å². The van der Waals surface area contributed by atoms with Crippen LogP contribution in [0.1, 0.15) is 33.9 Å². The summed E-state index contributed by atoms with van der Waals surface area (Å²) in [6.07, 6.45) is -1.55. The van der Waals surface area contributed by atoms with E-state index in [9.17, 15) is 61.3 Å². The molecule has 12 N–H and O–H groups in total. The van der Waals surface area contributed by atoms with Crippen molar-refractivity contribution >= 4 is 22.2 Å². The molecule has 0 saturated carbocycles. The molecule has 0 saturated heterocycles. The number of rotatable bonds is 5. The van der Waals surface area contributed by atoms with Gasteiger partial charge in [-0.3, -0.25) is 0 Å². The van der Waals surface area contributed by atoms with Crippen LogP contribution in [-0.4, -0.2) is 73.6 Å². The smallest absolute Gasteiger partial charge is 0.339 e. The lowest BCUT2D eigenvalue weighted by molar-refractivity contribution is -0.121. The highest BCUT2D eigenvalue weighted by Crippen LogP contribution is 2.63. The van der Waals surface area contributed by atoms with Crippen molar-refractivity contribution in [3.63, 3.8) is 0 Å². The van der Waals surface area contributed by atoms with E-state index in [1.165, 1.54) is 0 Å². The number of phenols is 9. The summed E-state index contributed by atoms with van der Waals surface area (Å²) in [4.78, 5) is -0.0322. The molecule has 0 aromatic heterocycles. The minimum Gasteiger partial charge on any atom is -0.508 e. The molecule has 0 unspecified atom stereocenters. The third-order valence-electron chi connectivity index (χ3n) is 7.97. The molecule has 0 radical (unpaired) electrons. The summed E-state index contributed by atoms with van der Waals surface area (Å²) < 4.78 is 18.4. The Labute approximate surface area is 272 Å². The zero-order chi connectivity index (χ0) is 34.4. The molecule has 16 heteroatoms. The molecule has 3 aliphatic heterocycles. The molecule has 0 fully saturated rings. The first-order chi connectivity index (χ1) is 22.8. The lowest BCUT2D eigenvalue weighted by Crippen LogP contribution is -2.46. The van der Waals surface area contributed by atoms with Gasteiger partial charge in [-0.05, 0) is 24.3 Å². The molecule has 3 heterocycles. The Morgan fingerprint density at radius 3 is 1.79 bits per heavy atom. The van der Waals surface area contributed by atoms with Gasteiger partial charge in [-0.25, -0.2) is 0 Å². The molecule has 4 aromatic carbocycles. The molecular formula is C32H24O15S. The van der Waals surface area contributed by atoms with Crippen LogP contribution in [0, 0.1) is 0 Å². The molecule has 2 bridgehead atoms. The van der Waals surface area contributed by atoms with Crippen molar-refractivity contribution in [2.45, 2.75) is 11.9 Å². The number of phenolic OH excluding ortho intramolecular Hbond substituents is 9. The van der Waals surface area contributed by atoms with E-state index in [2.05, 4.69) is 0 Å². The van der Waals surface area contributed by atoms with E-state index in [1.54, 1.807) is 0 Å². The first kappa shape index (κ1) is 30.5. The van der Waals surface area contributed by atoms with Crippen molar-refractivity contribution in [1.29, 1.82) is 0 Å². The number of ether oxygens (including phenoxy) is 3. The number of aromatic hydroxyl groups is 9. The molecule has 0 aliphatic carbocycles. The van der Waals surface area contributed by atoms with Crippen LogP contribution in [0.15, 0.2) is 54.0 Å². The van der Waals surface area contributed by atoms with Crippen molar-refractivity contribution in [2.24, 2.45) is 0 Å².